The monoisotopic (exact) mass is 271 g/mol. The normalized spacial score (nSPS) is 26.1. The van der Waals surface area contributed by atoms with Crippen LogP contribution in [-0.4, -0.2) is 43.0 Å². The molecule has 1 aromatic heterocycles. The molecule has 0 aliphatic carbocycles. The molecule has 2 N–H and O–H groups in total. The highest BCUT2D eigenvalue weighted by molar-refractivity contribution is 7.89. The van der Waals surface area contributed by atoms with E-state index in [2.05, 4.69) is 4.98 Å². The van der Waals surface area contributed by atoms with Crippen molar-refractivity contribution in [1.29, 1.82) is 0 Å². The van der Waals surface area contributed by atoms with E-state index in [1.165, 1.54) is 16.6 Å². The van der Waals surface area contributed by atoms with Gasteiger partial charge in [-0.2, -0.15) is 4.31 Å². The van der Waals surface area contributed by atoms with Gasteiger partial charge in [0.2, 0.25) is 0 Å². The zero-order chi connectivity index (χ0) is 13.3. The van der Waals surface area contributed by atoms with Crippen LogP contribution in [0.3, 0.4) is 0 Å². The Kier molecular flexibility index (Phi) is 3.56. The molecule has 2 heterocycles. The molecule has 0 radical (unpaired) electrons. The summed E-state index contributed by atoms with van der Waals surface area (Å²) in [4.78, 5) is 3.88. The third kappa shape index (κ3) is 2.47. The molecule has 1 aliphatic rings. The van der Waals surface area contributed by atoms with Gasteiger partial charge in [-0.05, 0) is 26.0 Å². The number of sulfonamides is 1. The third-order valence-corrected chi connectivity index (χ3v) is 4.58. The SMILES string of the molecule is CC1CN(S(=O)(=O)c2ncccc2N)CC(C)O1. The number of morpholine rings is 1. The maximum absolute atomic E-state index is 12.4. The molecule has 0 amide bonds. The number of nitrogens with two attached hydrogens (primary N) is 1. The lowest BCUT2D eigenvalue weighted by Crippen LogP contribution is -2.48. The van der Waals surface area contributed by atoms with Crippen LogP contribution in [0.1, 0.15) is 13.8 Å². The minimum absolute atomic E-state index is 0.0775. The molecule has 18 heavy (non-hydrogen) atoms. The number of nitrogen functional groups attached to an aromatic ring is 1. The largest absolute Gasteiger partial charge is 0.396 e. The predicted molar refractivity (Wildman–Crippen MR) is 67.4 cm³/mol. The minimum Gasteiger partial charge on any atom is -0.396 e. The van der Waals surface area contributed by atoms with E-state index in [1.807, 2.05) is 13.8 Å². The van der Waals surface area contributed by atoms with Gasteiger partial charge in [-0.25, -0.2) is 13.4 Å². The fourth-order valence-corrected chi connectivity index (χ4v) is 3.68. The molecule has 0 saturated carbocycles. The number of nitrogens with zero attached hydrogens (tertiary/aromatic N) is 2. The Morgan fingerprint density at radius 3 is 2.56 bits per heavy atom. The zero-order valence-corrected chi connectivity index (χ0v) is 11.2. The number of anilines is 1. The first kappa shape index (κ1) is 13.3. The number of rotatable bonds is 2. The van der Waals surface area contributed by atoms with Crippen LogP contribution in [0, 0.1) is 0 Å². The van der Waals surface area contributed by atoms with Crippen molar-refractivity contribution >= 4 is 15.7 Å². The van der Waals surface area contributed by atoms with Crippen molar-refractivity contribution in [2.75, 3.05) is 18.8 Å². The highest BCUT2D eigenvalue weighted by Gasteiger charge is 2.33. The second-order valence-electron chi connectivity index (χ2n) is 4.48. The molecular weight excluding hydrogens is 254 g/mol. The number of aromatic nitrogens is 1. The lowest BCUT2D eigenvalue weighted by atomic mass is 10.3. The Balaban J connectivity index is 2.34. The van der Waals surface area contributed by atoms with Crippen molar-refractivity contribution in [3.8, 4) is 0 Å². The highest BCUT2D eigenvalue weighted by Crippen LogP contribution is 2.23. The first-order chi connectivity index (χ1) is 8.41. The molecule has 100 valence electrons. The van der Waals surface area contributed by atoms with E-state index in [4.69, 9.17) is 10.5 Å². The Morgan fingerprint density at radius 1 is 1.39 bits per heavy atom. The summed E-state index contributed by atoms with van der Waals surface area (Å²) >= 11 is 0. The first-order valence-electron chi connectivity index (χ1n) is 5.77. The van der Waals surface area contributed by atoms with Crippen LogP contribution in [0.2, 0.25) is 0 Å². The zero-order valence-electron chi connectivity index (χ0n) is 10.4. The summed E-state index contributed by atoms with van der Waals surface area (Å²) in [6, 6.07) is 3.14. The maximum atomic E-state index is 12.4. The van der Waals surface area contributed by atoms with Gasteiger partial charge in [0.25, 0.3) is 10.0 Å². The fourth-order valence-electron chi connectivity index (χ4n) is 2.07. The average Bonchev–Trinajstić information content (AvgIpc) is 2.28. The van der Waals surface area contributed by atoms with Gasteiger partial charge in [0.1, 0.15) is 0 Å². The molecule has 0 bridgehead atoms. The summed E-state index contributed by atoms with van der Waals surface area (Å²) in [5.41, 5.74) is 5.85. The van der Waals surface area contributed by atoms with Crippen molar-refractivity contribution in [1.82, 2.24) is 9.29 Å². The maximum Gasteiger partial charge on any atom is 0.262 e. The van der Waals surface area contributed by atoms with Gasteiger partial charge in [-0.1, -0.05) is 0 Å². The molecule has 1 fully saturated rings. The van der Waals surface area contributed by atoms with Gasteiger partial charge in [0.15, 0.2) is 5.03 Å². The summed E-state index contributed by atoms with van der Waals surface area (Å²) in [6.45, 7) is 4.34. The molecule has 1 aromatic rings. The van der Waals surface area contributed by atoms with Crippen LogP contribution in [0.25, 0.3) is 0 Å². The van der Waals surface area contributed by atoms with E-state index >= 15 is 0 Å². The molecule has 0 aromatic carbocycles. The topological polar surface area (TPSA) is 85.5 Å². The van der Waals surface area contributed by atoms with E-state index in [9.17, 15) is 8.42 Å². The Morgan fingerprint density at radius 2 is 2.00 bits per heavy atom. The first-order valence-corrected chi connectivity index (χ1v) is 7.21. The second-order valence-corrected chi connectivity index (χ2v) is 6.33. The Bertz CT molecular complexity index is 522. The van der Waals surface area contributed by atoms with Gasteiger partial charge in [0, 0.05) is 19.3 Å². The van der Waals surface area contributed by atoms with Crippen molar-refractivity contribution in [2.45, 2.75) is 31.1 Å². The lowest BCUT2D eigenvalue weighted by Gasteiger charge is -2.34. The van der Waals surface area contributed by atoms with Crippen LogP contribution in [0.4, 0.5) is 5.69 Å². The van der Waals surface area contributed by atoms with E-state index in [0.717, 1.165) is 0 Å². The van der Waals surface area contributed by atoms with Gasteiger partial charge < -0.3 is 10.5 Å². The van der Waals surface area contributed by atoms with Gasteiger partial charge in [-0.15, -0.1) is 0 Å². The minimum atomic E-state index is -3.64. The molecule has 2 rings (SSSR count). The number of ether oxygens (including phenoxy) is 1. The van der Waals surface area contributed by atoms with Crippen LogP contribution >= 0.6 is 0 Å². The van der Waals surface area contributed by atoms with E-state index < -0.39 is 10.0 Å². The predicted octanol–water partition coefficient (Wildman–Crippen LogP) is 0.462. The second kappa shape index (κ2) is 4.83. The molecule has 6 nitrogen and oxygen atoms in total. The molecule has 1 aliphatic heterocycles. The standard InChI is InChI=1S/C11H17N3O3S/c1-8-6-14(7-9(2)17-8)18(15,16)11-10(12)4-3-5-13-11/h3-5,8-9H,6-7,12H2,1-2H3. The van der Waals surface area contributed by atoms with E-state index in [1.54, 1.807) is 6.07 Å². The van der Waals surface area contributed by atoms with Crippen LogP contribution in [-0.2, 0) is 14.8 Å². The molecule has 0 spiro atoms. The summed E-state index contributed by atoms with van der Waals surface area (Å²) in [6.07, 6.45) is 1.17. The highest BCUT2D eigenvalue weighted by atomic mass is 32.2. The van der Waals surface area contributed by atoms with E-state index in [-0.39, 0.29) is 22.9 Å². The van der Waals surface area contributed by atoms with E-state index in [0.29, 0.717) is 13.1 Å². The van der Waals surface area contributed by atoms with Crippen LogP contribution < -0.4 is 5.73 Å². The molecule has 2 atom stereocenters. The summed E-state index contributed by atoms with van der Waals surface area (Å²) in [7, 11) is -3.64. The number of pyridine rings is 1. The van der Waals surface area contributed by atoms with Crippen molar-refractivity contribution in [3.05, 3.63) is 18.3 Å². The molecule has 7 heteroatoms. The lowest BCUT2D eigenvalue weighted by molar-refractivity contribution is -0.0441. The smallest absolute Gasteiger partial charge is 0.262 e. The number of hydrogen-bond acceptors (Lipinski definition) is 5. The summed E-state index contributed by atoms with van der Waals surface area (Å²) in [5.74, 6) is 0. The van der Waals surface area contributed by atoms with Crippen molar-refractivity contribution in [2.24, 2.45) is 0 Å². The Hall–Kier alpha value is -1.18. The third-order valence-electron chi connectivity index (χ3n) is 2.77. The average molecular weight is 271 g/mol. The van der Waals surface area contributed by atoms with Crippen LogP contribution in [0.5, 0.6) is 0 Å². The van der Waals surface area contributed by atoms with Crippen molar-refractivity contribution < 1.29 is 13.2 Å². The fraction of sp³-hybridized carbons (Fsp3) is 0.545. The van der Waals surface area contributed by atoms with Gasteiger partial charge in [-0.3, -0.25) is 0 Å². The van der Waals surface area contributed by atoms with Crippen molar-refractivity contribution in [3.63, 3.8) is 0 Å². The molecular formula is C11H17N3O3S. The molecule has 1 saturated heterocycles. The summed E-state index contributed by atoms with van der Waals surface area (Å²) < 4.78 is 31.8. The quantitative estimate of drug-likeness (QED) is 0.844. The van der Waals surface area contributed by atoms with Gasteiger partial charge in [0.05, 0.1) is 17.9 Å². The number of hydrogen-bond donors (Lipinski definition) is 1. The Labute approximate surface area is 107 Å². The van der Waals surface area contributed by atoms with Gasteiger partial charge >= 0.3 is 0 Å². The van der Waals surface area contributed by atoms with Crippen LogP contribution in [0.15, 0.2) is 23.4 Å². The molecule has 2 unspecified atom stereocenters. The summed E-state index contributed by atoms with van der Waals surface area (Å²) in [5, 5.41) is -0.0775.